The van der Waals surface area contributed by atoms with Gasteiger partial charge in [0.05, 0.1) is 19.2 Å². The molecule has 0 fully saturated rings. The molecule has 0 atom stereocenters. The van der Waals surface area contributed by atoms with E-state index in [1.807, 2.05) is 30.5 Å². The van der Waals surface area contributed by atoms with Crippen molar-refractivity contribution in [2.75, 3.05) is 7.11 Å². The fraction of sp³-hybridized carbons (Fsp3) is 0.286. The molecule has 0 aliphatic rings. The Morgan fingerprint density at radius 1 is 1.47 bits per heavy atom. The summed E-state index contributed by atoms with van der Waals surface area (Å²) in [7, 11) is 1.65. The molecule has 1 aromatic carbocycles. The second-order valence-corrected chi connectivity index (χ2v) is 5.08. The largest absolute Gasteiger partial charge is 0.496 e. The third kappa shape index (κ3) is 3.32. The molecule has 1 aromatic heterocycles. The number of hydrogen-bond donors (Lipinski definition) is 1. The van der Waals surface area contributed by atoms with Gasteiger partial charge in [0.15, 0.2) is 0 Å². The Balaban J connectivity index is 2.18. The van der Waals surface area contributed by atoms with Crippen LogP contribution in [0.3, 0.4) is 0 Å². The SMILES string of the molecule is COc1ccc(-c2nc(CCC(=O)O)cs2)cc1C. The molecule has 0 saturated heterocycles. The number of benzene rings is 1. The van der Waals surface area contributed by atoms with Crippen LogP contribution in [0, 0.1) is 6.92 Å². The van der Waals surface area contributed by atoms with Gasteiger partial charge in [-0.1, -0.05) is 0 Å². The maximum absolute atomic E-state index is 10.5. The van der Waals surface area contributed by atoms with Crippen LogP contribution in [-0.4, -0.2) is 23.2 Å². The lowest BCUT2D eigenvalue weighted by atomic mass is 10.1. The molecule has 100 valence electrons. The average Bonchev–Trinajstić information content (AvgIpc) is 2.85. The fourth-order valence-electron chi connectivity index (χ4n) is 1.80. The molecule has 0 unspecified atom stereocenters. The molecule has 0 radical (unpaired) electrons. The number of carboxylic acid groups (broad SMARTS) is 1. The van der Waals surface area contributed by atoms with Crippen molar-refractivity contribution in [2.45, 2.75) is 19.8 Å². The molecule has 19 heavy (non-hydrogen) atoms. The van der Waals surface area contributed by atoms with E-state index in [2.05, 4.69) is 4.98 Å². The van der Waals surface area contributed by atoms with Crippen LogP contribution in [0.5, 0.6) is 5.75 Å². The van der Waals surface area contributed by atoms with Gasteiger partial charge in [0.25, 0.3) is 0 Å². The molecule has 0 bridgehead atoms. The van der Waals surface area contributed by atoms with E-state index in [4.69, 9.17) is 9.84 Å². The lowest BCUT2D eigenvalue weighted by molar-refractivity contribution is -0.136. The molecule has 0 saturated carbocycles. The second kappa shape index (κ2) is 5.84. The standard InChI is InChI=1S/C14H15NO3S/c1-9-7-10(3-5-12(9)18-2)14-15-11(8-19-14)4-6-13(16)17/h3,5,7-8H,4,6H2,1-2H3,(H,16,17). The highest BCUT2D eigenvalue weighted by molar-refractivity contribution is 7.13. The zero-order valence-corrected chi connectivity index (χ0v) is 11.7. The van der Waals surface area contributed by atoms with Crippen LogP contribution in [0.2, 0.25) is 0 Å². The van der Waals surface area contributed by atoms with Crippen LogP contribution in [0.15, 0.2) is 23.6 Å². The number of methoxy groups -OCH3 is 1. The normalized spacial score (nSPS) is 10.4. The zero-order valence-electron chi connectivity index (χ0n) is 10.8. The van der Waals surface area contributed by atoms with Crippen LogP contribution >= 0.6 is 11.3 Å². The number of carbonyl (C=O) groups is 1. The van der Waals surface area contributed by atoms with Crippen molar-refractivity contribution >= 4 is 17.3 Å². The summed E-state index contributed by atoms with van der Waals surface area (Å²) in [5.74, 6) is 0.0567. The molecule has 0 amide bonds. The Labute approximate surface area is 115 Å². The van der Waals surface area contributed by atoms with Crippen molar-refractivity contribution in [1.82, 2.24) is 4.98 Å². The molecular formula is C14H15NO3S. The first-order valence-electron chi connectivity index (χ1n) is 5.91. The van der Waals surface area contributed by atoms with Gasteiger partial charge in [-0.15, -0.1) is 11.3 Å². The Hall–Kier alpha value is -1.88. The first-order chi connectivity index (χ1) is 9.10. The van der Waals surface area contributed by atoms with Gasteiger partial charge >= 0.3 is 5.97 Å². The maximum atomic E-state index is 10.5. The quantitative estimate of drug-likeness (QED) is 0.912. The minimum atomic E-state index is -0.796. The van der Waals surface area contributed by atoms with Gasteiger partial charge in [-0.2, -0.15) is 0 Å². The summed E-state index contributed by atoms with van der Waals surface area (Å²) in [6, 6.07) is 5.91. The van der Waals surface area contributed by atoms with E-state index >= 15 is 0 Å². The average molecular weight is 277 g/mol. The Morgan fingerprint density at radius 2 is 2.26 bits per heavy atom. The molecule has 2 aromatic rings. The first-order valence-corrected chi connectivity index (χ1v) is 6.79. The minimum absolute atomic E-state index is 0.116. The highest BCUT2D eigenvalue weighted by Gasteiger charge is 2.08. The number of aliphatic carboxylic acids is 1. The minimum Gasteiger partial charge on any atom is -0.496 e. The van der Waals surface area contributed by atoms with Crippen molar-refractivity contribution < 1.29 is 14.6 Å². The van der Waals surface area contributed by atoms with E-state index in [9.17, 15) is 4.79 Å². The highest BCUT2D eigenvalue weighted by Crippen LogP contribution is 2.28. The van der Waals surface area contributed by atoms with E-state index in [-0.39, 0.29) is 6.42 Å². The summed E-state index contributed by atoms with van der Waals surface area (Å²) < 4.78 is 5.22. The molecule has 5 heteroatoms. The van der Waals surface area contributed by atoms with Crippen LogP contribution in [0.25, 0.3) is 10.6 Å². The van der Waals surface area contributed by atoms with Gasteiger partial charge < -0.3 is 9.84 Å². The zero-order chi connectivity index (χ0) is 13.8. The van der Waals surface area contributed by atoms with Gasteiger partial charge in [-0.25, -0.2) is 4.98 Å². The summed E-state index contributed by atoms with van der Waals surface area (Å²) in [6.45, 7) is 1.99. The predicted octanol–water partition coefficient (Wildman–Crippen LogP) is 3.14. The lowest BCUT2D eigenvalue weighted by Crippen LogP contribution is -1.97. The van der Waals surface area contributed by atoms with Gasteiger partial charge in [-0.05, 0) is 30.7 Å². The van der Waals surface area contributed by atoms with Crippen molar-refractivity contribution in [2.24, 2.45) is 0 Å². The van der Waals surface area contributed by atoms with Gasteiger partial charge in [0.1, 0.15) is 10.8 Å². The number of nitrogens with zero attached hydrogens (tertiary/aromatic N) is 1. The van der Waals surface area contributed by atoms with Crippen LogP contribution in [-0.2, 0) is 11.2 Å². The molecule has 0 spiro atoms. The Bertz CT molecular complexity index is 592. The topological polar surface area (TPSA) is 59.4 Å². The van der Waals surface area contributed by atoms with Gasteiger partial charge in [0, 0.05) is 17.4 Å². The van der Waals surface area contributed by atoms with Crippen molar-refractivity contribution in [1.29, 1.82) is 0 Å². The van der Waals surface area contributed by atoms with E-state index < -0.39 is 5.97 Å². The van der Waals surface area contributed by atoms with E-state index in [1.165, 1.54) is 11.3 Å². The van der Waals surface area contributed by atoms with Crippen molar-refractivity contribution in [3.05, 3.63) is 34.8 Å². The molecule has 0 aliphatic heterocycles. The van der Waals surface area contributed by atoms with E-state index in [1.54, 1.807) is 7.11 Å². The number of carboxylic acids is 1. The third-order valence-electron chi connectivity index (χ3n) is 2.79. The Morgan fingerprint density at radius 3 is 2.89 bits per heavy atom. The van der Waals surface area contributed by atoms with Crippen molar-refractivity contribution in [3.63, 3.8) is 0 Å². The van der Waals surface area contributed by atoms with Crippen LogP contribution in [0.1, 0.15) is 17.7 Å². The smallest absolute Gasteiger partial charge is 0.303 e. The summed E-state index contributed by atoms with van der Waals surface area (Å²) in [6.07, 6.45) is 0.589. The monoisotopic (exact) mass is 277 g/mol. The number of ether oxygens (including phenoxy) is 1. The van der Waals surface area contributed by atoms with Crippen molar-refractivity contribution in [3.8, 4) is 16.3 Å². The molecule has 1 heterocycles. The number of hydrogen-bond acceptors (Lipinski definition) is 4. The number of thiazole rings is 1. The lowest BCUT2D eigenvalue weighted by Gasteiger charge is -2.05. The summed E-state index contributed by atoms with van der Waals surface area (Å²) in [5, 5.41) is 11.5. The van der Waals surface area contributed by atoms with Crippen LogP contribution < -0.4 is 4.74 Å². The summed E-state index contributed by atoms with van der Waals surface area (Å²) >= 11 is 1.53. The second-order valence-electron chi connectivity index (χ2n) is 4.22. The fourth-order valence-corrected chi connectivity index (χ4v) is 2.65. The van der Waals surface area contributed by atoms with Gasteiger partial charge in [0.2, 0.25) is 0 Å². The molecule has 1 N–H and O–H groups in total. The first kappa shape index (κ1) is 13.5. The summed E-state index contributed by atoms with van der Waals surface area (Å²) in [5.41, 5.74) is 2.92. The molecule has 4 nitrogen and oxygen atoms in total. The van der Waals surface area contributed by atoms with Gasteiger partial charge in [-0.3, -0.25) is 4.79 Å². The summed E-state index contributed by atoms with van der Waals surface area (Å²) in [4.78, 5) is 15.0. The molecule has 2 rings (SSSR count). The third-order valence-corrected chi connectivity index (χ3v) is 3.73. The maximum Gasteiger partial charge on any atom is 0.303 e. The van der Waals surface area contributed by atoms with E-state index in [0.717, 1.165) is 27.6 Å². The predicted molar refractivity (Wildman–Crippen MR) is 74.8 cm³/mol. The number of rotatable bonds is 5. The number of aryl methyl sites for hydroxylation is 2. The molecule has 0 aliphatic carbocycles. The number of aromatic nitrogens is 1. The molecular weight excluding hydrogens is 262 g/mol. The van der Waals surface area contributed by atoms with Crippen LogP contribution in [0.4, 0.5) is 0 Å². The van der Waals surface area contributed by atoms with E-state index in [0.29, 0.717) is 6.42 Å². The Kier molecular flexibility index (Phi) is 4.16. The highest BCUT2D eigenvalue weighted by atomic mass is 32.1.